The molecular formula is C24H26ClN3O2. The quantitative estimate of drug-likeness (QED) is 0.703. The van der Waals surface area contributed by atoms with E-state index in [0.717, 1.165) is 5.56 Å². The number of rotatable bonds is 5. The third kappa shape index (κ3) is 5.01. The highest BCUT2D eigenvalue weighted by molar-refractivity contribution is 6.31. The van der Waals surface area contributed by atoms with Crippen LogP contribution in [0.15, 0.2) is 48.5 Å². The molecule has 0 bridgehead atoms. The average Bonchev–Trinajstić information content (AvgIpc) is 2.77. The number of nitrogens with zero attached hydrogens (tertiary/aromatic N) is 3. The summed E-state index contributed by atoms with van der Waals surface area (Å²) < 4.78 is 0. The van der Waals surface area contributed by atoms with E-state index in [-0.39, 0.29) is 23.7 Å². The molecule has 0 atom stereocenters. The van der Waals surface area contributed by atoms with Crippen molar-refractivity contribution in [3.63, 3.8) is 0 Å². The first-order valence-corrected chi connectivity index (χ1v) is 10.6. The molecule has 1 aliphatic rings. The van der Waals surface area contributed by atoms with Gasteiger partial charge in [-0.25, -0.2) is 0 Å². The Morgan fingerprint density at radius 3 is 2.43 bits per heavy atom. The molecule has 2 amide bonds. The zero-order valence-corrected chi connectivity index (χ0v) is 18.1. The van der Waals surface area contributed by atoms with Crippen LogP contribution in [0.5, 0.6) is 0 Å². The molecule has 1 saturated heterocycles. The molecular weight excluding hydrogens is 398 g/mol. The summed E-state index contributed by atoms with van der Waals surface area (Å²) in [6.45, 7) is 5.30. The second kappa shape index (κ2) is 9.77. The molecule has 156 valence electrons. The van der Waals surface area contributed by atoms with Gasteiger partial charge in [0, 0.05) is 29.9 Å². The van der Waals surface area contributed by atoms with Crippen molar-refractivity contribution in [3.8, 4) is 6.07 Å². The monoisotopic (exact) mass is 423 g/mol. The van der Waals surface area contributed by atoms with E-state index in [1.165, 1.54) is 0 Å². The van der Waals surface area contributed by atoms with Crippen LogP contribution in [0, 0.1) is 23.2 Å². The lowest BCUT2D eigenvalue weighted by molar-refractivity contribution is -0.137. The highest BCUT2D eigenvalue weighted by Crippen LogP contribution is 2.30. The number of likely N-dealkylation sites (tertiary alicyclic amines) is 1. The SMILES string of the molecule is CC(C)C(=O)N1CCC(C(=O)N(Cc2ccccc2)c2cc(Cl)ccc2C#N)CC1. The van der Waals surface area contributed by atoms with Gasteiger partial charge >= 0.3 is 0 Å². The van der Waals surface area contributed by atoms with Gasteiger partial charge in [0.25, 0.3) is 0 Å². The van der Waals surface area contributed by atoms with Gasteiger partial charge in [0.15, 0.2) is 0 Å². The lowest BCUT2D eigenvalue weighted by Gasteiger charge is -2.35. The number of amides is 2. The maximum Gasteiger partial charge on any atom is 0.230 e. The zero-order valence-electron chi connectivity index (χ0n) is 17.3. The number of anilines is 1. The molecule has 30 heavy (non-hydrogen) atoms. The Bertz CT molecular complexity index is 945. The molecule has 2 aromatic carbocycles. The molecule has 3 rings (SSSR count). The van der Waals surface area contributed by atoms with Crippen molar-refractivity contribution >= 4 is 29.1 Å². The van der Waals surface area contributed by atoms with Gasteiger partial charge < -0.3 is 9.80 Å². The number of halogens is 1. The molecule has 1 aliphatic heterocycles. The van der Waals surface area contributed by atoms with Crippen LogP contribution < -0.4 is 4.90 Å². The van der Waals surface area contributed by atoms with E-state index >= 15 is 0 Å². The first-order chi connectivity index (χ1) is 14.4. The van der Waals surface area contributed by atoms with Gasteiger partial charge in [-0.3, -0.25) is 9.59 Å². The largest absolute Gasteiger partial charge is 0.342 e. The highest BCUT2D eigenvalue weighted by atomic mass is 35.5. The van der Waals surface area contributed by atoms with Crippen molar-refractivity contribution in [2.75, 3.05) is 18.0 Å². The second-order valence-electron chi connectivity index (χ2n) is 7.94. The van der Waals surface area contributed by atoms with E-state index in [1.54, 1.807) is 23.1 Å². The number of nitriles is 1. The van der Waals surface area contributed by atoms with E-state index in [2.05, 4.69) is 6.07 Å². The molecule has 0 aliphatic carbocycles. The Morgan fingerprint density at radius 2 is 1.83 bits per heavy atom. The lowest BCUT2D eigenvalue weighted by atomic mass is 9.93. The standard InChI is InChI=1S/C24H26ClN3O2/c1-17(2)23(29)27-12-10-19(11-13-27)24(30)28(16-18-6-4-3-5-7-18)22-14-21(25)9-8-20(22)15-26/h3-9,14,17,19H,10-13,16H2,1-2H3. The van der Waals surface area contributed by atoms with E-state index in [9.17, 15) is 14.9 Å². The van der Waals surface area contributed by atoms with Gasteiger partial charge in [0.2, 0.25) is 11.8 Å². The molecule has 0 N–H and O–H groups in total. The zero-order chi connectivity index (χ0) is 21.7. The molecule has 0 aromatic heterocycles. The van der Waals surface area contributed by atoms with Gasteiger partial charge in [-0.05, 0) is 36.6 Å². The summed E-state index contributed by atoms with van der Waals surface area (Å²) >= 11 is 6.20. The molecule has 2 aromatic rings. The fourth-order valence-corrected chi connectivity index (χ4v) is 3.97. The summed E-state index contributed by atoms with van der Waals surface area (Å²) in [4.78, 5) is 29.3. The van der Waals surface area contributed by atoms with Gasteiger partial charge in [-0.15, -0.1) is 0 Å². The predicted octanol–water partition coefficient (Wildman–Crippen LogP) is 4.64. The van der Waals surface area contributed by atoms with E-state index in [0.29, 0.717) is 48.7 Å². The molecule has 0 unspecified atom stereocenters. The van der Waals surface area contributed by atoms with Crippen LogP contribution in [0.25, 0.3) is 0 Å². The number of benzene rings is 2. The van der Waals surface area contributed by atoms with Crippen molar-refractivity contribution < 1.29 is 9.59 Å². The normalized spacial score (nSPS) is 14.4. The molecule has 0 saturated carbocycles. The summed E-state index contributed by atoms with van der Waals surface area (Å²) in [5, 5.41) is 10.1. The number of hydrogen-bond acceptors (Lipinski definition) is 3. The number of hydrogen-bond donors (Lipinski definition) is 0. The minimum Gasteiger partial charge on any atom is -0.342 e. The third-order valence-corrected chi connectivity index (χ3v) is 5.71. The topological polar surface area (TPSA) is 64.4 Å². The van der Waals surface area contributed by atoms with Crippen LogP contribution in [0.2, 0.25) is 5.02 Å². The lowest BCUT2D eigenvalue weighted by Crippen LogP contribution is -2.45. The smallest absolute Gasteiger partial charge is 0.230 e. The molecule has 0 radical (unpaired) electrons. The molecule has 1 fully saturated rings. The van der Waals surface area contributed by atoms with Crippen LogP contribution in [0.3, 0.4) is 0 Å². The third-order valence-electron chi connectivity index (χ3n) is 5.47. The van der Waals surface area contributed by atoms with Crippen LogP contribution >= 0.6 is 11.6 Å². The molecule has 6 heteroatoms. The minimum atomic E-state index is -0.199. The van der Waals surface area contributed by atoms with E-state index in [1.807, 2.05) is 49.1 Å². The fraction of sp³-hybridized carbons (Fsp3) is 0.375. The van der Waals surface area contributed by atoms with Crippen LogP contribution in [0.1, 0.15) is 37.8 Å². The highest BCUT2D eigenvalue weighted by Gasteiger charge is 2.32. The molecule has 5 nitrogen and oxygen atoms in total. The van der Waals surface area contributed by atoms with Gasteiger partial charge in [-0.2, -0.15) is 5.26 Å². The average molecular weight is 424 g/mol. The van der Waals surface area contributed by atoms with Crippen molar-refractivity contribution in [2.24, 2.45) is 11.8 Å². The summed E-state index contributed by atoms with van der Waals surface area (Å²) in [5.74, 6) is -0.148. The molecule has 1 heterocycles. The number of piperidine rings is 1. The van der Waals surface area contributed by atoms with Crippen molar-refractivity contribution in [2.45, 2.75) is 33.2 Å². The Morgan fingerprint density at radius 1 is 1.17 bits per heavy atom. The first-order valence-electron chi connectivity index (χ1n) is 10.2. The van der Waals surface area contributed by atoms with Crippen LogP contribution in [0.4, 0.5) is 5.69 Å². The summed E-state index contributed by atoms with van der Waals surface area (Å²) in [6, 6.07) is 16.9. The van der Waals surface area contributed by atoms with Gasteiger partial charge in [0.05, 0.1) is 17.8 Å². The maximum atomic E-state index is 13.6. The van der Waals surface area contributed by atoms with E-state index < -0.39 is 0 Å². The van der Waals surface area contributed by atoms with Crippen molar-refractivity contribution in [3.05, 3.63) is 64.7 Å². The number of carbonyl (C=O) groups excluding carboxylic acids is 2. The summed E-state index contributed by atoms with van der Waals surface area (Å²) in [7, 11) is 0. The first kappa shape index (κ1) is 21.9. The van der Waals surface area contributed by atoms with Gasteiger partial charge in [0.1, 0.15) is 6.07 Å². The second-order valence-corrected chi connectivity index (χ2v) is 8.37. The Kier molecular flexibility index (Phi) is 7.12. The molecule has 0 spiro atoms. The Labute approximate surface area is 182 Å². The van der Waals surface area contributed by atoms with Crippen molar-refractivity contribution in [1.82, 2.24) is 4.90 Å². The Balaban J connectivity index is 1.86. The van der Waals surface area contributed by atoms with Gasteiger partial charge in [-0.1, -0.05) is 55.8 Å². The summed E-state index contributed by atoms with van der Waals surface area (Å²) in [6.07, 6.45) is 1.23. The van der Waals surface area contributed by atoms with Crippen molar-refractivity contribution in [1.29, 1.82) is 5.26 Å². The number of carbonyl (C=O) groups is 2. The van der Waals surface area contributed by atoms with E-state index in [4.69, 9.17) is 11.6 Å². The Hall–Kier alpha value is -2.84. The summed E-state index contributed by atoms with van der Waals surface area (Å²) in [5.41, 5.74) is 1.91. The maximum absolute atomic E-state index is 13.6. The van der Waals surface area contributed by atoms with Crippen LogP contribution in [-0.2, 0) is 16.1 Å². The van der Waals surface area contributed by atoms with Crippen LogP contribution in [-0.4, -0.2) is 29.8 Å². The fourth-order valence-electron chi connectivity index (χ4n) is 3.80. The minimum absolute atomic E-state index is 0.0331. The predicted molar refractivity (Wildman–Crippen MR) is 118 cm³/mol.